The van der Waals surface area contributed by atoms with E-state index in [0.29, 0.717) is 19.0 Å². The van der Waals surface area contributed by atoms with Crippen molar-refractivity contribution in [2.75, 3.05) is 18.8 Å². The predicted molar refractivity (Wildman–Crippen MR) is 39.9 cm³/mol. The molecule has 1 fully saturated rings. The molecule has 0 unspecified atom stereocenters. The lowest BCUT2D eigenvalue weighted by atomic mass is 10.1. The standard InChI is InChI=1S/C6H12NO2S/c1-3-10(8,9)7-4-6(2)5-7/h6H,2-5H2,1H3. The second-order valence-electron chi connectivity index (χ2n) is 2.58. The Kier molecular flexibility index (Phi) is 2.01. The lowest BCUT2D eigenvalue weighted by Gasteiger charge is -2.35. The van der Waals surface area contributed by atoms with Crippen LogP contribution < -0.4 is 0 Å². The molecule has 10 heavy (non-hydrogen) atoms. The summed E-state index contributed by atoms with van der Waals surface area (Å²) in [5.74, 6) is 0.515. The smallest absolute Gasteiger partial charge is 0.212 e. The fraction of sp³-hybridized carbons (Fsp3) is 0.833. The molecule has 1 aliphatic rings. The number of rotatable bonds is 2. The highest BCUT2D eigenvalue weighted by atomic mass is 32.2. The summed E-state index contributed by atoms with van der Waals surface area (Å²) in [6.07, 6.45) is 0. The topological polar surface area (TPSA) is 37.4 Å². The Balaban J connectivity index is 2.53. The first-order valence-corrected chi connectivity index (χ1v) is 4.98. The zero-order chi connectivity index (χ0) is 7.78. The molecule has 59 valence electrons. The van der Waals surface area contributed by atoms with E-state index < -0.39 is 10.0 Å². The fourth-order valence-electron chi connectivity index (χ4n) is 0.932. The van der Waals surface area contributed by atoms with Crippen molar-refractivity contribution in [3.63, 3.8) is 0 Å². The van der Waals surface area contributed by atoms with Gasteiger partial charge in [0.2, 0.25) is 10.0 Å². The van der Waals surface area contributed by atoms with Crippen LogP contribution in [-0.4, -0.2) is 31.6 Å². The normalized spacial score (nSPS) is 22.6. The van der Waals surface area contributed by atoms with Crippen molar-refractivity contribution in [1.82, 2.24) is 4.31 Å². The quantitative estimate of drug-likeness (QED) is 0.577. The molecule has 0 aromatic heterocycles. The summed E-state index contributed by atoms with van der Waals surface area (Å²) >= 11 is 0. The van der Waals surface area contributed by atoms with Crippen molar-refractivity contribution < 1.29 is 8.42 Å². The van der Waals surface area contributed by atoms with Crippen molar-refractivity contribution >= 4 is 10.0 Å². The van der Waals surface area contributed by atoms with E-state index in [1.807, 2.05) is 0 Å². The molecule has 0 bridgehead atoms. The summed E-state index contributed by atoms with van der Waals surface area (Å²) < 4.78 is 23.5. The van der Waals surface area contributed by atoms with Crippen LogP contribution in [0.1, 0.15) is 6.92 Å². The summed E-state index contributed by atoms with van der Waals surface area (Å²) in [6.45, 7) is 6.61. The molecule has 1 heterocycles. The van der Waals surface area contributed by atoms with Crippen molar-refractivity contribution in [3.05, 3.63) is 6.92 Å². The van der Waals surface area contributed by atoms with Crippen LogP contribution in [0.15, 0.2) is 0 Å². The van der Waals surface area contributed by atoms with E-state index in [-0.39, 0.29) is 5.75 Å². The van der Waals surface area contributed by atoms with E-state index in [4.69, 9.17) is 0 Å². The van der Waals surface area contributed by atoms with Gasteiger partial charge >= 0.3 is 0 Å². The molecule has 1 radical (unpaired) electrons. The molecule has 4 heteroatoms. The Morgan fingerprint density at radius 2 is 2.10 bits per heavy atom. The molecule has 0 atom stereocenters. The van der Waals surface area contributed by atoms with Crippen LogP contribution in [0.3, 0.4) is 0 Å². The molecule has 0 saturated carbocycles. The monoisotopic (exact) mass is 162 g/mol. The molecule has 1 rings (SSSR count). The zero-order valence-corrected chi connectivity index (χ0v) is 6.89. The molecule has 0 aromatic carbocycles. The van der Waals surface area contributed by atoms with Crippen LogP contribution in [0.5, 0.6) is 0 Å². The van der Waals surface area contributed by atoms with Crippen LogP contribution in [-0.2, 0) is 10.0 Å². The van der Waals surface area contributed by atoms with Gasteiger partial charge in [0.1, 0.15) is 0 Å². The lowest BCUT2D eigenvalue weighted by molar-refractivity contribution is 0.241. The van der Waals surface area contributed by atoms with Gasteiger partial charge in [-0.15, -0.1) is 0 Å². The number of hydrogen-bond acceptors (Lipinski definition) is 2. The summed E-state index contributed by atoms with van der Waals surface area (Å²) in [6, 6.07) is 0. The van der Waals surface area contributed by atoms with Crippen LogP contribution in [0.2, 0.25) is 0 Å². The van der Waals surface area contributed by atoms with Crippen LogP contribution in [0.4, 0.5) is 0 Å². The summed E-state index contributed by atoms with van der Waals surface area (Å²) in [4.78, 5) is 0. The van der Waals surface area contributed by atoms with Gasteiger partial charge in [-0.25, -0.2) is 12.7 Å². The Hall–Kier alpha value is -0.0900. The highest BCUT2D eigenvalue weighted by Crippen LogP contribution is 2.17. The molecule has 0 amide bonds. The van der Waals surface area contributed by atoms with Gasteiger partial charge in [0, 0.05) is 13.1 Å². The Morgan fingerprint density at radius 3 is 2.40 bits per heavy atom. The van der Waals surface area contributed by atoms with E-state index in [9.17, 15) is 8.42 Å². The average molecular weight is 162 g/mol. The van der Waals surface area contributed by atoms with Gasteiger partial charge in [-0.05, 0) is 19.8 Å². The molecule has 0 spiro atoms. The highest BCUT2D eigenvalue weighted by Gasteiger charge is 2.31. The SMILES string of the molecule is [CH2]C1CN(S(=O)(=O)CC)C1. The van der Waals surface area contributed by atoms with Crippen molar-refractivity contribution in [3.8, 4) is 0 Å². The Morgan fingerprint density at radius 1 is 1.60 bits per heavy atom. The van der Waals surface area contributed by atoms with E-state index >= 15 is 0 Å². The average Bonchev–Trinajstić information content (AvgIpc) is 1.81. The Labute approximate surface area is 62.1 Å². The third-order valence-corrected chi connectivity index (χ3v) is 3.50. The van der Waals surface area contributed by atoms with E-state index in [1.54, 1.807) is 6.92 Å². The molecule has 0 aromatic rings. The number of nitrogens with zero attached hydrogens (tertiary/aromatic N) is 1. The van der Waals surface area contributed by atoms with E-state index in [0.717, 1.165) is 0 Å². The minimum atomic E-state index is -2.90. The highest BCUT2D eigenvalue weighted by molar-refractivity contribution is 7.89. The minimum Gasteiger partial charge on any atom is -0.212 e. The molecule has 3 nitrogen and oxygen atoms in total. The molecular formula is C6H12NO2S. The zero-order valence-electron chi connectivity index (χ0n) is 6.08. The minimum absolute atomic E-state index is 0.208. The van der Waals surface area contributed by atoms with Crippen molar-refractivity contribution in [2.24, 2.45) is 5.92 Å². The fourth-order valence-corrected chi connectivity index (χ4v) is 2.17. The van der Waals surface area contributed by atoms with E-state index in [1.165, 1.54) is 4.31 Å². The van der Waals surface area contributed by atoms with Gasteiger partial charge in [-0.1, -0.05) is 0 Å². The number of hydrogen-bond donors (Lipinski definition) is 0. The van der Waals surface area contributed by atoms with Crippen molar-refractivity contribution in [2.45, 2.75) is 6.92 Å². The van der Waals surface area contributed by atoms with Gasteiger partial charge in [-0.3, -0.25) is 0 Å². The van der Waals surface area contributed by atoms with Gasteiger partial charge in [0.15, 0.2) is 0 Å². The molecular weight excluding hydrogens is 150 g/mol. The molecule has 0 N–H and O–H groups in total. The molecule has 1 aliphatic heterocycles. The van der Waals surface area contributed by atoms with E-state index in [2.05, 4.69) is 6.92 Å². The maximum absolute atomic E-state index is 11.0. The lowest BCUT2D eigenvalue weighted by Crippen LogP contribution is -2.49. The van der Waals surface area contributed by atoms with Gasteiger partial charge in [-0.2, -0.15) is 0 Å². The second-order valence-corrected chi connectivity index (χ2v) is 4.84. The van der Waals surface area contributed by atoms with Crippen molar-refractivity contribution in [1.29, 1.82) is 0 Å². The Bertz CT molecular complexity index is 204. The van der Waals surface area contributed by atoms with Gasteiger partial charge < -0.3 is 0 Å². The van der Waals surface area contributed by atoms with Crippen LogP contribution in [0.25, 0.3) is 0 Å². The third kappa shape index (κ3) is 1.32. The van der Waals surface area contributed by atoms with Gasteiger partial charge in [0.05, 0.1) is 5.75 Å². The number of sulfonamides is 1. The second kappa shape index (κ2) is 2.51. The predicted octanol–water partition coefficient (Wildman–Crippen LogP) is 0.102. The first-order chi connectivity index (χ1) is 4.56. The largest absolute Gasteiger partial charge is 0.213 e. The summed E-state index contributed by atoms with van der Waals surface area (Å²) in [7, 11) is -2.90. The maximum Gasteiger partial charge on any atom is 0.213 e. The van der Waals surface area contributed by atoms with Crippen LogP contribution >= 0.6 is 0 Å². The first-order valence-electron chi connectivity index (χ1n) is 3.37. The van der Waals surface area contributed by atoms with Gasteiger partial charge in [0.25, 0.3) is 0 Å². The summed E-state index contributed by atoms with van der Waals surface area (Å²) in [5.41, 5.74) is 0. The van der Waals surface area contributed by atoms with Crippen LogP contribution in [0, 0.1) is 12.8 Å². The third-order valence-electron chi connectivity index (χ3n) is 1.68. The summed E-state index contributed by atoms with van der Waals surface area (Å²) in [5, 5.41) is 0. The first kappa shape index (κ1) is 8.01. The maximum atomic E-state index is 11.0. The molecule has 1 saturated heterocycles. The molecule has 0 aliphatic carbocycles.